The molecule has 0 amide bonds. The molecule has 0 aromatic heterocycles. The first-order valence-corrected chi connectivity index (χ1v) is 3.20. The van der Waals surface area contributed by atoms with Gasteiger partial charge < -0.3 is 25.2 Å². The third-order valence-electron chi connectivity index (χ3n) is 1.48. The highest BCUT2D eigenvalue weighted by Crippen LogP contribution is 2.20. The Labute approximate surface area is 67.3 Å². The molecular weight excluding hydrogens is 169 g/mol. The first-order chi connectivity index (χ1) is 5.57. The Hall–Kier alpha value is -1.27. The van der Waals surface area contributed by atoms with Gasteiger partial charge in [0.05, 0.1) is 6.61 Å². The quantitative estimate of drug-likeness (QED) is 0.305. The van der Waals surface area contributed by atoms with Crippen LogP contribution in [0.5, 0.6) is 0 Å². The normalized spacial score (nSPS) is 25.8. The van der Waals surface area contributed by atoms with Crippen LogP contribution in [-0.2, 0) is 9.53 Å². The molecule has 1 heterocycles. The summed E-state index contributed by atoms with van der Waals surface area (Å²) in [6.07, 6.45) is -2.78. The number of aliphatic hydroxyl groups excluding tert-OH is 4. The number of hydrogen-bond acceptors (Lipinski definition) is 6. The summed E-state index contributed by atoms with van der Waals surface area (Å²) in [5.74, 6) is -2.78. The van der Waals surface area contributed by atoms with Crippen LogP contribution in [0.1, 0.15) is 0 Å². The fourth-order valence-corrected chi connectivity index (χ4v) is 0.823. The second-order valence-corrected chi connectivity index (χ2v) is 2.31. The Morgan fingerprint density at radius 3 is 2.42 bits per heavy atom. The average molecular weight is 177 g/mol. The summed E-state index contributed by atoms with van der Waals surface area (Å²) in [5, 5.41) is 35.0. The van der Waals surface area contributed by atoms with Gasteiger partial charge in [0.2, 0.25) is 5.76 Å². The zero-order chi connectivity index (χ0) is 9.30. The number of hydrogen-bond donors (Lipinski definition) is 4. The van der Waals surface area contributed by atoms with Crippen molar-refractivity contribution in [3.05, 3.63) is 11.5 Å². The molecule has 1 aliphatic rings. The largest absolute Gasteiger partial charge is 0.505 e. The van der Waals surface area contributed by atoms with E-state index in [1.807, 2.05) is 0 Å². The zero-order valence-electron chi connectivity index (χ0n) is 5.97. The minimum Gasteiger partial charge on any atom is -0.505 e. The van der Waals surface area contributed by atoms with Gasteiger partial charge in [0.25, 0.3) is 0 Å². The topological polar surface area (TPSA) is 107 Å². The second-order valence-electron chi connectivity index (χ2n) is 2.31. The molecule has 0 aromatic rings. The van der Waals surface area contributed by atoms with Crippen molar-refractivity contribution in [2.75, 3.05) is 6.61 Å². The van der Waals surface area contributed by atoms with E-state index in [-0.39, 0.29) is 0 Å². The molecule has 0 fully saturated rings. The summed E-state index contributed by atoms with van der Waals surface area (Å²) < 4.78 is 4.32. The van der Waals surface area contributed by atoms with Crippen molar-refractivity contribution in [1.82, 2.24) is 0 Å². The van der Waals surface area contributed by atoms with E-state index in [1.165, 1.54) is 0 Å². The van der Waals surface area contributed by atoms with Crippen LogP contribution >= 0.6 is 0 Å². The van der Waals surface area contributed by atoms with E-state index < -0.39 is 36.3 Å². The van der Waals surface area contributed by atoms with Crippen LogP contribution in [0.15, 0.2) is 11.5 Å². The Kier molecular flexibility index (Phi) is 2.20. The van der Waals surface area contributed by atoms with E-state index in [1.54, 1.807) is 0 Å². The maximum absolute atomic E-state index is 10.5. The van der Waals surface area contributed by atoms with E-state index in [9.17, 15) is 4.79 Å². The van der Waals surface area contributed by atoms with Gasteiger partial charge in [-0.05, 0) is 0 Å². The van der Waals surface area contributed by atoms with Crippen molar-refractivity contribution in [2.24, 2.45) is 0 Å². The number of rotatable bonds is 2. The van der Waals surface area contributed by atoms with Crippen LogP contribution in [0, 0.1) is 0 Å². The maximum atomic E-state index is 10.5. The Bertz CT molecular complexity index is 232. The lowest BCUT2D eigenvalue weighted by Gasteiger charge is -2.13. The van der Waals surface area contributed by atoms with E-state index >= 15 is 0 Å². The van der Waals surface area contributed by atoms with Gasteiger partial charge in [-0.3, -0.25) is 0 Å². The van der Waals surface area contributed by atoms with E-state index in [0.717, 1.165) is 0 Å². The van der Waals surface area contributed by atoms with Crippen LogP contribution < -0.4 is 0 Å². The van der Waals surface area contributed by atoms with Gasteiger partial charge in [-0.15, -0.1) is 0 Å². The zero-order valence-corrected chi connectivity index (χ0v) is 5.97. The summed E-state index contributed by atoms with van der Waals surface area (Å²) in [6, 6.07) is 0. The number of esters is 1. The predicted molar refractivity (Wildman–Crippen MR) is 35.3 cm³/mol. The highest BCUT2D eigenvalue weighted by Gasteiger charge is 2.38. The van der Waals surface area contributed by atoms with E-state index in [2.05, 4.69) is 4.74 Å². The van der Waals surface area contributed by atoms with Crippen molar-refractivity contribution < 1.29 is 30.0 Å². The number of aliphatic hydroxyl groups is 4. The summed E-state index contributed by atoms with van der Waals surface area (Å²) in [4.78, 5) is 10.5. The third-order valence-corrected chi connectivity index (χ3v) is 1.48. The van der Waals surface area contributed by atoms with Crippen molar-refractivity contribution in [1.29, 1.82) is 0 Å². The van der Waals surface area contributed by atoms with Crippen molar-refractivity contribution >= 4 is 5.97 Å². The molecule has 12 heavy (non-hydrogen) atoms. The molecule has 6 heteroatoms. The molecule has 0 aliphatic carbocycles. The molecule has 6 nitrogen and oxygen atoms in total. The summed E-state index contributed by atoms with van der Waals surface area (Å²) in [7, 11) is 0. The van der Waals surface area contributed by atoms with Gasteiger partial charge in [-0.1, -0.05) is 0 Å². The first-order valence-electron chi connectivity index (χ1n) is 3.20. The molecule has 4 N–H and O–H groups in total. The summed E-state index contributed by atoms with van der Waals surface area (Å²) >= 11 is 0. The van der Waals surface area contributed by atoms with Gasteiger partial charge in [0, 0.05) is 0 Å². The van der Waals surface area contributed by atoms with E-state index in [0.29, 0.717) is 0 Å². The summed E-state index contributed by atoms with van der Waals surface area (Å²) in [5.41, 5.74) is 0. The smallest absolute Gasteiger partial charge is 0.377 e. The van der Waals surface area contributed by atoms with Crippen LogP contribution in [0.2, 0.25) is 0 Å². The number of cyclic esters (lactones) is 1. The first kappa shape index (κ1) is 8.82. The van der Waals surface area contributed by atoms with Gasteiger partial charge in [-0.2, -0.15) is 0 Å². The Morgan fingerprint density at radius 1 is 1.50 bits per heavy atom. The molecule has 0 spiro atoms. The van der Waals surface area contributed by atoms with Crippen LogP contribution in [0.25, 0.3) is 0 Å². The number of carbonyl (C=O) groups excluding carboxylic acids is 1. The lowest BCUT2D eigenvalue weighted by Crippen LogP contribution is -2.31. The number of ether oxygens (including phenoxy) is 1. The standard InChI is InChI=1S/C6H8O6/c7-1-2(8)5-3(9)4(10)6(11)12-5/h2,5,7-10H,1H2/t2?,5-/m1/s1/i3+1. The summed E-state index contributed by atoms with van der Waals surface area (Å²) in [6.45, 7) is -0.671. The van der Waals surface area contributed by atoms with E-state index in [4.69, 9.17) is 20.4 Å². The van der Waals surface area contributed by atoms with Crippen LogP contribution in [-0.4, -0.2) is 45.2 Å². The van der Waals surface area contributed by atoms with Crippen LogP contribution in [0.4, 0.5) is 0 Å². The van der Waals surface area contributed by atoms with Gasteiger partial charge >= 0.3 is 5.97 Å². The third kappa shape index (κ3) is 1.21. The number of carbonyl (C=O) groups is 1. The molecule has 1 unspecified atom stereocenters. The molecule has 0 saturated heterocycles. The molecule has 0 radical (unpaired) electrons. The molecule has 68 valence electrons. The fourth-order valence-electron chi connectivity index (χ4n) is 0.823. The molecular formula is C6H8O6. The SMILES string of the molecule is O=C1O[C@H](C(O)CO)[13C](O)=C1O. The lowest BCUT2D eigenvalue weighted by molar-refractivity contribution is -0.147. The molecule has 0 aromatic carbocycles. The second kappa shape index (κ2) is 3.00. The fraction of sp³-hybridized carbons (Fsp3) is 0.500. The monoisotopic (exact) mass is 177 g/mol. The minimum atomic E-state index is -1.42. The van der Waals surface area contributed by atoms with Crippen LogP contribution in [0.3, 0.4) is 0 Å². The lowest BCUT2D eigenvalue weighted by atomic mass is 10.3. The van der Waals surface area contributed by atoms with Crippen molar-refractivity contribution in [3.8, 4) is 0 Å². The highest BCUT2D eigenvalue weighted by atomic mass is 16.6. The van der Waals surface area contributed by atoms with Gasteiger partial charge in [0.1, 0.15) is 6.10 Å². The Balaban J connectivity index is 2.80. The molecule has 1 rings (SSSR count). The van der Waals surface area contributed by atoms with Crippen molar-refractivity contribution in [3.63, 3.8) is 0 Å². The van der Waals surface area contributed by atoms with Crippen molar-refractivity contribution in [2.45, 2.75) is 12.2 Å². The minimum absolute atomic E-state index is 0.671. The molecule has 0 bridgehead atoms. The molecule has 1 aliphatic heterocycles. The maximum Gasteiger partial charge on any atom is 0.377 e. The molecule has 2 atom stereocenters. The Morgan fingerprint density at radius 2 is 2.08 bits per heavy atom. The predicted octanol–water partition coefficient (Wildman–Crippen LogP) is -1.41. The average Bonchev–Trinajstić information content (AvgIpc) is 2.32. The van der Waals surface area contributed by atoms with Gasteiger partial charge in [-0.25, -0.2) is 4.79 Å². The molecule has 0 saturated carbocycles. The van der Waals surface area contributed by atoms with Gasteiger partial charge in [0.15, 0.2) is 11.9 Å². The highest BCUT2D eigenvalue weighted by molar-refractivity contribution is 5.89.